The van der Waals surface area contributed by atoms with Crippen LogP contribution in [0.3, 0.4) is 0 Å². The lowest BCUT2D eigenvalue weighted by Crippen LogP contribution is -1.97. The van der Waals surface area contributed by atoms with Gasteiger partial charge in [0.25, 0.3) is 0 Å². The standard InChI is InChI=1S/C23H24F4O/c1-7-28-18(6)22(26)21(25)17(5)15(3)10-8-14(2)9-12-19-13-11-16(4)20(24)23(19)27/h8,10-11,13H,2-3,5-7,9,12H2,1,4H3/b10-8-,22-21-. The van der Waals surface area contributed by atoms with Gasteiger partial charge in [-0.25, -0.2) is 13.2 Å². The van der Waals surface area contributed by atoms with Crippen molar-refractivity contribution in [3.05, 3.63) is 107 Å². The van der Waals surface area contributed by atoms with Gasteiger partial charge in [0.05, 0.1) is 6.61 Å². The van der Waals surface area contributed by atoms with E-state index < -0.39 is 29.0 Å². The highest BCUT2D eigenvalue weighted by Crippen LogP contribution is 2.27. The average molecular weight is 392 g/mol. The van der Waals surface area contributed by atoms with Gasteiger partial charge >= 0.3 is 0 Å². The van der Waals surface area contributed by atoms with Crippen LogP contribution in [0.1, 0.15) is 24.5 Å². The summed E-state index contributed by atoms with van der Waals surface area (Å²) >= 11 is 0. The fourth-order valence-corrected chi connectivity index (χ4v) is 2.21. The van der Waals surface area contributed by atoms with Crippen molar-refractivity contribution in [1.82, 2.24) is 0 Å². The third-order valence-corrected chi connectivity index (χ3v) is 4.00. The van der Waals surface area contributed by atoms with Crippen LogP contribution in [0.2, 0.25) is 0 Å². The number of aryl methyl sites for hydroxylation is 2. The number of hydrogen-bond acceptors (Lipinski definition) is 1. The van der Waals surface area contributed by atoms with Crippen molar-refractivity contribution < 1.29 is 22.3 Å². The summed E-state index contributed by atoms with van der Waals surface area (Å²) in [5, 5.41) is 0. The second-order valence-electron chi connectivity index (χ2n) is 6.15. The molecule has 0 saturated heterocycles. The number of allylic oxidation sites excluding steroid dienone is 7. The number of hydrogen-bond donors (Lipinski definition) is 0. The van der Waals surface area contributed by atoms with Gasteiger partial charge in [-0.15, -0.1) is 0 Å². The number of rotatable bonds is 10. The van der Waals surface area contributed by atoms with Gasteiger partial charge in [0, 0.05) is 5.57 Å². The molecular weight excluding hydrogens is 368 g/mol. The fourth-order valence-electron chi connectivity index (χ4n) is 2.21. The van der Waals surface area contributed by atoms with Crippen LogP contribution in [0.25, 0.3) is 0 Å². The van der Waals surface area contributed by atoms with Gasteiger partial charge in [0.15, 0.2) is 23.2 Å². The Morgan fingerprint density at radius 2 is 1.64 bits per heavy atom. The molecule has 1 aromatic rings. The highest BCUT2D eigenvalue weighted by molar-refractivity contribution is 5.49. The molecule has 0 aromatic heterocycles. The molecular formula is C23H24F4O. The second kappa shape index (κ2) is 10.5. The molecule has 0 N–H and O–H groups in total. The van der Waals surface area contributed by atoms with E-state index >= 15 is 0 Å². The largest absolute Gasteiger partial charge is 0.491 e. The van der Waals surface area contributed by atoms with E-state index in [1.165, 1.54) is 25.1 Å². The van der Waals surface area contributed by atoms with Crippen LogP contribution in [0, 0.1) is 18.6 Å². The van der Waals surface area contributed by atoms with E-state index in [2.05, 4.69) is 26.3 Å². The molecule has 0 fully saturated rings. The summed E-state index contributed by atoms with van der Waals surface area (Å²) < 4.78 is 60.2. The Labute approximate surface area is 163 Å². The minimum Gasteiger partial charge on any atom is -0.491 e. The zero-order valence-corrected chi connectivity index (χ0v) is 16.2. The predicted molar refractivity (Wildman–Crippen MR) is 106 cm³/mol. The molecule has 5 heteroatoms. The molecule has 1 aromatic carbocycles. The third kappa shape index (κ3) is 6.12. The van der Waals surface area contributed by atoms with E-state index in [4.69, 9.17) is 4.74 Å². The highest BCUT2D eigenvalue weighted by atomic mass is 19.2. The third-order valence-electron chi connectivity index (χ3n) is 4.00. The van der Waals surface area contributed by atoms with Crippen LogP contribution in [0.4, 0.5) is 17.6 Å². The lowest BCUT2D eigenvalue weighted by Gasteiger charge is -2.08. The first-order valence-electron chi connectivity index (χ1n) is 8.65. The smallest absolute Gasteiger partial charge is 0.200 e. The van der Waals surface area contributed by atoms with Crippen LogP contribution in [0.5, 0.6) is 0 Å². The first kappa shape index (κ1) is 23.2. The van der Waals surface area contributed by atoms with Crippen LogP contribution in [-0.2, 0) is 11.2 Å². The molecule has 0 aliphatic rings. The van der Waals surface area contributed by atoms with Crippen molar-refractivity contribution in [2.45, 2.75) is 26.7 Å². The maximum atomic E-state index is 14.1. The van der Waals surface area contributed by atoms with Gasteiger partial charge in [-0.1, -0.05) is 56.2 Å². The van der Waals surface area contributed by atoms with Crippen LogP contribution >= 0.6 is 0 Å². The number of ether oxygens (including phenoxy) is 1. The highest BCUT2D eigenvalue weighted by Gasteiger charge is 2.15. The summed E-state index contributed by atoms with van der Waals surface area (Å²) in [6.07, 6.45) is 3.56. The molecule has 0 amide bonds. The zero-order valence-electron chi connectivity index (χ0n) is 16.2. The second-order valence-corrected chi connectivity index (χ2v) is 6.15. The summed E-state index contributed by atoms with van der Waals surface area (Å²) in [7, 11) is 0. The fraction of sp³-hybridized carbons (Fsp3) is 0.217. The van der Waals surface area contributed by atoms with Gasteiger partial charge < -0.3 is 4.74 Å². The number of benzene rings is 1. The number of halogens is 4. The van der Waals surface area contributed by atoms with Crippen molar-refractivity contribution >= 4 is 0 Å². The molecule has 0 bridgehead atoms. The molecule has 0 radical (unpaired) electrons. The molecule has 1 rings (SSSR count). The summed E-state index contributed by atoms with van der Waals surface area (Å²) in [6, 6.07) is 3.04. The van der Waals surface area contributed by atoms with E-state index in [0.717, 1.165) is 0 Å². The van der Waals surface area contributed by atoms with Gasteiger partial charge in [0.2, 0.25) is 5.83 Å². The maximum Gasteiger partial charge on any atom is 0.200 e. The predicted octanol–water partition coefficient (Wildman–Crippen LogP) is 7.13. The lowest BCUT2D eigenvalue weighted by molar-refractivity contribution is 0.224. The van der Waals surface area contributed by atoms with Crippen molar-refractivity contribution in [2.75, 3.05) is 6.61 Å². The van der Waals surface area contributed by atoms with Crippen LogP contribution < -0.4 is 0 Å². The van der Waals surface area contributed by atoms with Crippen molar-refractivity contribution in [2.24, 2.45) is 0 Å². The molecule has 1 nitrogen and oxygen atoms in total. The molecule has 0 atom stereocenters. The first-order chi connectivity index (χ1) is 13.1. The Balaban J connectivity index is 2.72. The van der Waals surface area contributed by atoms with Gasteiger partial charge in [-0.05, 0) is 43.4 Å². The van der Waals surface area contributed by atoms with E-state index in [1.54, 1.807) is 13.0 Å². The summed E-state index contributed by atoms with van der Waals surface area (Å²) in [5.74, 6) is -4.60. The van der Waals surface area contributed by atoms with E-state index in [1.807, 2.05) is 0 Å². The van der Waals surface area contributed by atoms with Crippen LogP contribution in [-0.4, -0.2) is 6.61 Å². The molecule has 0 heterocycles. The maximum absolute atomic E-state index is 14.1. The minimum atomic E-state index is -1.24. The average Bonchev–Trinajstić information content (AvgIpc) is 2.68. The molecule has 0 aliphatic heterocycles. The Bertz CT molecular complexity index is 860. The van der Waals surface area contributed by atoms with E-state index in [0.29, 0.717) is 12.0 Å². The van der Waals surface area contributed by atoms with E-state index in [9.17, 15) is 17.6 Å². The normalized spacial score (nSPS) is 11.9. The zero-order chi connectivity index (χ0) is 21.4. The summed E-state index contributed by atoms with van der Waals surface area (Å²) in [6.45, 7) is 17.5. The molecule has 150 valence electrons. The Hall–Kier alpha value is -2.82. The van der Waals surface area contributed by atoms with Crippen molar-refractivity contribution in [3.8, 4) is 0 Å². The Morgan fingerprint density at radius 3 is 2.25 bits per heavy atom. The quantitative estimate of drug-likeness (QED) is 0.234. The summed E-state index contributed by atoms with van der Waals surface area (Å²) in [5.41, 5.74) is 0.938. The Kier molecular flexibility index (Phi) is 8.71. The van der Waals surface area contributed by atoms with Gasteiger partial charge in [-0.3, -0.25) is 0 Å². The first-order valence-corrected chi connectivity index (χ1v) is 8.65. The summed E-state index contributed by atoms with van der Waals surface area (Å²) in [4.78, 5) is 0. The molecule has 28 heavy (non-hydrogen) atoms. The van der Waals surface area contributed by atoms with Crippen molar-refractivity contribution in [3.63, 3.8) is 0 Å². The van der Waals surface area contributed by atoms with E-state index in [-0.39, 0.29) is 35.3 Å². The SMILES string of the molecule is C=C(/C=C\C(=C)C(=C)/C(F)=C(/F)C(=C)OCC)CCc1ccc(C)c(F)c1F. The monoisotopic (exact) mass is 392 g/mol. The topological polar surface area (TPSA) is 9.23 Å². The van der Waals surface area contributed by atoms with Crippen LogP contribution in [0.15, 0.2) is 84.7 Å². The van der Waals surface area contributed by atoms with Gasteiger partial charge in [-0.2, -0.15) is 4.39 Å². The molecule has 0 unspecified atom stereocenters. The minimum absolute atomic E-state index is 0.130. The molecule has 0 aliphatic carbocycles. The van der Waals surface area contributed by atoms with Gasteiger partial charge in [0.1, 0.15) is 0 Å². The Morgan fingerprint density at radius 1 is 1.00 bits per heavy atom. The molecule has 0 saturated carbocycles. The molecule has 0 spiro atoms. The van der Waals surface area contributed by atoms with Crippen molar-refractivity contribution in [1.29, 1.82) is 0 Å². The lowest BCUT2D eigenvalue weighted by atomic mass is 10.0.